The third-order valence-electron chi connectivity index (χ3n) is 26.3. The van der Waals surface area contributed by atoms with Gasteiger partial charge in [0.15, 0.2) is 0 Å². The van der Waals surface area contributed by atoms with Crippen molar-refractivity contribution in [3.8, 4) is 67.9 Å². The number of aryl methyl sites for hydroxylation is 4. The van der Waals surface area contributed by atoms with Crippen LogP contribution < -0.4 is 63.7 Å². The van der Waals surface area contributed by atoms with Gasteiger partial charge in [0.05, 0.1) is 24.6 Å². The Labute approximate surface area is 806 Å². The first-order chi connectivity index (χ1) is 66.8. The first-order valence-electron chi connectivity index (χ1n) is 47.2. The first-order valence-corrected chi connectivity index (χ1v) is 55.0. The number of benzene rings is 18. The van der Waals surface area contributed by atoms with Crippen molar-refractivity contribution in [2.24, 2.45) is 0 Å². The fraction of sp³-hybridized carbons (Fsp3) is 0.111. The molecule has 0 fully saturated rings. The summed E-state index contributed by atoms with van der Waals surface area (Å²) < 4.78 is 0. The van der Waals surface area contributed by atoms with Gasteiger partial charge in [-0.25, -0.2) is 0 Å². The van der Waals surface area contributed by atoms with E-state index in [-0.39, 0.29) is 23.0 Å². The third kappa shape index (κ3) is 22.0. The molecule has 0 saturated carbocycles. The highest BCUT2D eigenvalue weighted by molar-refractivity contribution is 7.97. The van der Waals surface area contributed by atoms with Crippen LogP contribution in [0.5, 0.6) is 34.5 Å². The summed E-state index contributed by atoms with van der Waals surface area (Å²) in [5.41, 5.74) is 11.1. The van der Waals surface area contributed by atoms with Gasteiger partial charge in [0.25, 0.3) is 0 Å². The summed E-state index contributed by atoms with van der Waals surface area (Å²) in [6.45, 7) is 7.63. The van der Waals surface area contributed by atoms with Crippen LogP contribution in [-0.2, 0) is 38.5 Å². The second-order valence-corrected chi connectivity index (χ2v) is 49.1. The number of phenols is 6. The Morgan fingerprint density at radius 2 is 0.360 bits per heavy atom. The van der Waals surface area contributed by atoms with Gasteiger partial charge in [0.2, 0.25) is 0 Å². The van der Waals surface area contributed by atoms with Gasteiger partial charge >= 0.3 is 0 Å². The molecule has 18 rings (SSSR count). The summed E-state index contributed by atoms with van der Waals surface area (Å²) in [7, 11) is -7.73. The van der Waals surface area contributed by atoms with E-state index >= 15 is 0 Å². The zero-order valence-corrected chi connectivity index (χ0v) is 80.6. The lowest BCUT2D eigenvalue weighted by Gasteiger charge is -2.28. The lowest BCUT2D eigenvalue weighted by Crippen LogP contribution is -2.33. The molecule has 0 amide bonds. The summed E-state index contributed by atoms with van der Waals surface area (Å²) in [6.07, 6.45) is 16.0. The quantitative estimate of drug-likeness (QED) is 0.0174. The number of hydrogen-bond acceptors (Lipinski definition) is 6. The highest BCUT2D eigenvalue weighted by atomic mass is 31.2. The van der Waals surface area contributed by atoms with Crippen molar-refractivity contribution >= 4 is 92.7 Å². The van der Waals surface area contributed by atoms with E-state index < -0.39 is 29.0 Å². The summed E-state index contributed by atoms with van der Waals surface area (Å²) in [5.74, 6) is 1.57. The maximum atomic E-state index is 11.3. The monoisotopic (exact) mass is 1850 g/mol. The van der Waals surface area contributed by atoms with Crippen molar-refractivity contribution in [3.05, 3.63) is 532 Å². The Morgan fingerprint density at radius 1 is 0.176 bits per heavy atom. The molecule has 18 aromatic rings. The van der Waals surface area contributed by atoms with E-state index in [0.29, 0.717) is 17.9 Å². The van der Waals surface area contributed by atoms with Crippen LogP contribution in [0.4, 0.5) is 0 Å². The maximum Gasteiger partial charge on any atom is 0.123 e. The van der Waals surface area contributed by atoms with E-state index in [2.05, 4.69) is 401 Å². The highest BCUT2D eigenvalue weighted by Crippen LogP contribution is 2.60. The Kier molecular flexibility index (Phi) is 32.4. The molecule has 0 aromatic heterocycles. The van der Waals surface area contributed by atoms with E-state index in [1.165, 1.54) is 74.8 Å². The van der Waals surface area contributed by atoms with Crippen LogP contribution in [0.15, 0.2) is 498 Å². The molecule has 18 aromatic carbocycles. The Balaban J connectivity index is 0.000000153. The van der Waals surface area contributed by atoms with Gasteiger partial charge in [-0.15, -0.1) is 13.2 Å². The molecule has 6 nitrogen and oxygen atoms in total. The zero-order valence-electron chi connectivity index (χ0n) is 77.0. The molecule has 6 N–H and O–H groups in total. The van der Waals surface area contributed by atoms with Crippen molar-refractivity contribution in [3.63, 3.8) is 0 Å². The number of allylic oxidation sites excluding steroid dienone is 2. The van der Waals surface area contributed by atoms with Gasteiger partial charge in [-0.05, 0) is 333 Å². The average Bonchev–Trinajstić information content (AvgIpc) is 0.766. The number of hydrogen-bond donors (Lipinski definition) is 6. The normalized spacial score (nSPS) is 11.4. The fourth-order valence-electron chi connectivity index (χ4n) is 19.6. The SMILES string of the molecule is C=CCc1cc(-c2cc(CCC[P+](c3ccccc3)(c3ccccc3)c3ccccc3)ccc2O)ccc1O.C=CCc1ccc(O)c(-c2ccc(O)c(CCC[P+](c3ccccc3)(c3ccccc3)c3ccccc3)c2)c1.Oc1ccc(-c2cc(CCC[P+](c3ccccc3)(c3ccccc3)c3ccccc3)ccc2O)cc1CCC[P+](c1ccccc1)(c1ccccc1)c1ccccc1. The zero-order chi connectivity index (χ0) is 93.8. The molecule has 0 spiro atoms. The molecule has 136 heavy (non-hydrogen) atoms. The van der Waals surface area contributed by atoms with Crippen LogP contribution in [0.2, 0.25) is 0 Å². The van der Waals surface area contributed by atoms with Crippen molar-refractivity contribution in [2.45, 2.75) is 64.2 Å². The Hall–Kier alpha value is -14.0. The van der Waals surface area contributed by atoms with E-state index in [0.717, 1.165) is 138 Å². The minimum atomic E-state index is -1.99. The topological polar surface area (TPSA) is 121 Å². The van der Waals surface area contributed by atoms with Crippen LogP contribution in [0, 0.1) is 0 Å². The maximum absolute atomic E-state index is 11.3. The number of phenolic OH excluding ortho intramolecular Hbond substituents is 6. The van der Waals surface area contributed by atoms with Crippen LogP contribution >= 0.6 is 29.0 Å². The van der Waals surface area contributed by atoms with Crippen molar-refractivity contribution in [2.75, 3.05) is 24.6 Å². The van der Waals surface area contributed by atoms with E-state index in [4.69, 9.17) is 0 Å². The summed E-state index contributed by atoms with van der Waals surface area (Å²) in [5, 5.41) is 81.3. The van der Waals surface area contributed by atoms with Crippen LogP contribution in [0.3, 0.4) is 0 Å². The van der Waals surface area contributed by atoms with Crippen molar-refractivity contribution in [1.82, 2.24) is 0 Å². The van der Waals surface area contributed by atoms with Gasteiger partial charge in [-0.1, -0.05) is 267 Å². The molecule has 0 unspecified atom stereocenters. The third-order valence-corrected chi connectivity index (χ3v) is 44.4. The minimum absolute atomic E-state index is 0.238. The molecular weight excluding hydrogens is 1730 g/mol. The molecule has 0 atom stereocenters. The van der Waals surface area contributed by atoms with Crippen LogP contribution in [0.1, 0.15) is 59.1 Å². The second kappa shape index (κ2) is 46.3. The minimum Gasteiger partial charge on any atom is -0.508 e. The summed E-state index contributed by atoms with van der Waals surface area (Å²) >= 11 is 0. The molecule has 0 aliphatic rings. The second-order valence-electron chi connectivity index (χ2n) is 34.6. The van der Waals surface area contributed by atoms with Gasteiger partial charge in [0.1, 0.15) is 127 Å². The van der Waals surface area contributed by atoms with Crippen molar-refractivity contribution < 1.29 is 30.6 Å². The van der Waals surface area contributed by atoms with Gasteiger partial charge in [0, 0.05) is 16.7 Å². The van der Waals surface area contributed by atoms with E-state index in [9.17, 15) is 30.6 Å². The standard InChI is InChI=1S/C54H48O2P2.2C36H33O2P/c55-53-38-36-44(42-45(53)22-20-40-58(49-29-13-4-14-30-49,50-31-15-5-16-32-50)51-33-17-6-18-34-51)52-41-43(35-37-54(52)56)21-19-39-57(46-23-7-1-8-24-46,47-25-9-2-10-26-47)48-27-11-3-12-28-48;1-2-13-30-27-29(22-24-35(30)37)34-26-28(21-23-36(34)38)14-12-25-39(31-15-6-3-7-16-31,32-17-8-4-9-18-32)33-19-10-5-11-20-33;1-2-13-28-21-23-36(38)34(26-28)29-22-24-35(37)30(27-29)14-12-25-39(31-15-6-3-7-16-31,32-17-8-4-9-18-32)33-19-10-5-11-20-33/h1-18,23-38,41-42H,19-22,39-40H2;2*2-11,15-24,26-27H,1,12-14,25H2,(H-,37,38)/p+4. The van der Waals surface area contributed by atoms with Gasteiger partial charge in [-0.2, -0.15) is 0 Å². The molecule has 0 saturated heterocycles. The molecule has 0 radical (unpaired) electrons. The molecule has 0 heterocycles. The predicted molar refractivity (Wildman–Crippen MR) is 587 cm³/mol. The van der Waals surface area contributed by atoms with Crippen molar-refractivity contribution in [1.29, 1.82) is 0 Å². The first kappa shape index (κ1) is 95.1. The average molecular weight is 1850 g/mol. The Morgan fingerprint density at radius 3 is 0.581 bits per heavy atom. The molecule has 0 bridgehead atoms. The van der Waals surface area contributed by atoms with E-state index in [1.54, 1.807) is 36.4 Å². The predicted octanol–water partition coefficient (Wildman–Crippen LogP) is 25.5. The van der Waals surface area contributed by atoms with E-state index in [1.807, 2.05) is 60.7 Å². The summed E-state index contributed by atoms with van der Waals surface area (Å²) in [6, 6.07) is 166. The largest absolute Gasteiger partial charge is 0.508 e. The highest BCUT2D eigenvalue weighted by Gasteiger charge is 2.49. The number of rotatable bonds is 35. The summed E-state index contributed by atoms with van der Waals surface area (Å²) in [4.78, 5) is 0. The smallest absolute Gasteiger partial charge is 0.123 e. The fourth-order valence-corrected chi connectivity index (χ4v) is 37.0. The molecule has 0 aliphatic carbocycles. The molecule has 674 valence electrons. The Bertz CT molecular complexity index is 6480. The lowest BCUT2D eigenvalue weighted by atomic mass is 9.97. The van der Waals surface area contributed by atoms with Crippen LogP contribution in [0.25, 0.3) is 33.4 Å². The molecule has 0 aliphatic heterocycles. The molecule has 10 heteroatoms. The van der Waals surface area contributed by atoms with Gasteiger partial charge < -0.3 is 30.6 Å². The lowest BCUT2D eigenvalue weighted by molar-refractivity contribution is 0.467. The molecular formula is C126H118O6P4+4. The van der Waals surface area contributed by atoms with Crippen LogP contribution in [-0.4, -0.2) is 55.3 Å². The number of aromatic hydroxyl groups is 6. The van der Waals surface area contributed by atoms with Gasteiger partial charge in [-0.3, -0.25) is 0 Å².